The molecule has 1 aromatic carbocycles. The molecule has 2 rings (SSSR count). The van der Waals surface area contributed by atoms with Crippen molar-refractivity contribution in [3.8, 4) is 0 Å². The Morgan fingerprint density at radius 3 is 2.94 bits per heavy atom. The molecule has 0 aromatic heterocycles. The number of nitrogens with one attached hydrogen (secondary N) is 1. The summed E-state index contributed by atoms with van der Waals surface area (Å²) in [6.07, 6.45) is 2.21. The van der Waals surface area contributed by atoms with Crippen molar-refractivity contribution in [3.63, 3.8) is 0 Å². The first kappa shape index (κ1) is 13.0. The van der Waals surface area contributed by atoms with E-state index in [2.05, 4.69) is 21.2 Å². The van der Waals surface area contributed by atoms with E-state index in [1.165, 1.54) is 0 Å². The van der Waals surface area contributed by atoms with E-state index < -0.39 is 0 Å². The summed E-state index contributed by atoms with van der Waals surface area (Å²) in [4.78, 5) is 0. The highest BCUT2D eigenvalue weighted by molar-refractivity contribution is 9.10. The maximum atomic E-state index is 13.5. The van der Waals surface area contributed by atoms with Gasteiger partial charge in [-0.3, -0.25) is 0 Å². The van der Waals surface area contributed by atoms with Crippen LogP contribution in [0.25, 0.3) is 0 Å². The lowest BCUT2D eigenvalue weighted by atomic mass is 9.89. The summed E-state index contributed by atoms with van der Waals surface area (Å²) in [6, 6.07) is 5.49. The van der Waals surface area contributed by atoms with Gasteiger partial charge in [0.25, 0.3) is 0 Å². The van der Waals surface area contributed by atoms with Crippen LogP contribution in [0.15, 0.2) is 22.7 Å². The highest BCUT2D eigenvalue weighted by Crippen LogP contribution is 2.30. The van der Waals surface area contributed by atoms with E-state index in [9.17, 15) is 4.39 Å². The lowest BCUT2D eigenvalue weighted by Gasteiger charge is -2.30. The van der Waals surface area contributed by atoms with Gasteiger partial charge in [-0.05, 0) is 53.5 Å². The van der Waals surface area contributed by atoms with Gasteiger partial charge < -0.3 is 10.1 Å². The second kappa shape index (κ2) is 5.94. The van der Waals surface area contributed by atoms with Crippen LogP contribution < -0.4 is 5.32 Å². The zero-order valence-corrected chi connectivity index (χ0v) is 11.5. The van der Waals surface area contributed by atoms with Crippen LogP contribution in [0, 0.1) is 11.7 Å². The molecule has 94 valence electrons. The topological polar surface area (TPSA) is 21.3 Å². The maximum Gasteiger partial charge on any atom is 0.137 e. The van der Waals surface area contributed by atoms with E-state index in [1.54, 1.807) is 12.1 Å². The lowest BCUT2D eigenvalue weighted by molar-refractivity contribution is 0.0401. The number of ether oxygens (including phenoxy) is 1. The molecule has 1 heterocycles. The van der Waals surface area contributed by atoms with Gasteiger partial charge in [0.05, 0.1) is 11.1 Å². The number of rotatable bonds is 3. The van der Waals surface area contributed by atoms with E-state index in [0.29, 0.717) is 10.4 Å². The second-order valence-corrected chi connectivity index (χ2v) is 5.27. The first-order valence-corrected chi connectivity index (χ1v) is 6.71. The van der Waals surface area contributed by atoms with Crippen LogP contribution in [0.3, 0.4) is 0 Å². The van der Waals surface area contributed by atoms with Gasteiger partial charge in [-0.2, -0.15) is 0 Å². The minimum absolute atomic E-state index is 0.165. The molecule has 1 N–H and O–H groups in total. The third kappa shape index (κ3) is 3.06. The quantitative estimate of drug-likeness (QED) is 0.925. The molecular weight excluding hydrogens is 285 g/mol. The van der Waals surface area contributed by atoms with Crippen molar-refractivity contribution >= 4 is 15.9 Å². The van der Waals surface area contributed by atoms with Crippen LogP contribution in [-0.2, 0) is 4.74 Å². The number of halogens is 2. The number of benzene rings is 1. The van der Waals surface area contributed by atoms with Crippen molar-refractivity contribution < 1.29 is 9.13 Å². The zero-order chi connectivity index (χ0) is 12.3. The van der Waals surface area contributed by atoms with Crippen LogP contribution in [0.4, 0.5) is 4.39 Å². The van der Waals surface area contributed by atoms with Gasteiger partial charge in [0.15, 0.2) is 0 Å². The average molecular weight is 302 g/mol. The van der Waals surface area contributed by atoms with Crippen molar-refractivity contribution in [1.29, 1.82) is 0 Å². The molecule has 0 aliphatic carbocycles. The Bertz CT molecular complexity index is 380. The van der Waals surface area contributed by atoms with Gasteiger partial charge in [0.1, 0.15) is 5.82 Å². The van der Waals surface area contributed by atoms with Crippen LogP contribution in [0.2, 0.25) is 0 Å². The fourth-order valence-electron chi connectivity index (χ4n) is 2.41. The van der Waals surface area contributed by atoms with Gasteiger partial charge in [-0.1, -0.05) is 6.07 Å². The van der Waals surface area contributed by atoms with Gasteiger partial charge >= 0.3 is 0 Å². The first-order chi connectivity index (χ1) is 8.22. The molecule has 0 bridgehead atoms. The van der Waals surface area contributed by atoms with Gasteiger partial charge in [-0.15, -0.1) is 0 Å². The number of hydrogen-bond donors (Lipinski definition) is 1. The van der Waals surface area contributed by atoms with Crippen LogP contribution in [0.1, 0.15) is 24.4 Å². The van der Waals surface area contributed by atoms with Crippen LogP contribution in [-0.4, -0.2) is 20.3 Å². The molecule has 1 aromatic rings. The first-order valence-electron chi connectivity index (χ1n) is 5.92. The highest BCUT2D eigenvalue weighted by Gasteiger charge is 2.24. The molecule has 0 amide bonds. The average Bonchev–Trinajstić information content (AvgIpc) is 2.36. The fraction of sp³-hybridized carbons (Fsp3) is 0.538. The minimum Gasteiger partial charge on any atom is -0.381 e. The summed E-state index contributed by atoms with van der Waals surface area (Å²) < 4.78 is 19.5. The largest absolute Gasteiger partial charge is 0.381 e. The normalized spacial score (nSPS) is 22.4. The SMILES string of the molecule is CNC(c1ccc(Br)c(F)c1)C1CCCOC1. The zero-order valence-electron chi connectivity index (χ0n) is 9.88. The summed E-state index contributed by atoms with van der Waals surface area (Å²) in [5.74, 6) is 0.216. The molecule has 1 aliphatic heterocycles. The Morgan fingerprint density at radius 1 is 1.53 bits per heavy atom. The van der Waals surface area contributed by atoms with Crippen LogP contribution >= 0.6 is 15.9 Å². The third-order valence-electron chi connectivity index (χ3n) is 3.28. The molecule has 2 nitrogen and oxygen atoms in total. The summed E-state index contributed by atoms with van der Waals surface area (Å²) in [6.45, 7) is 1.60. The molecule has 17 heavy (non-hydrogen) atoms. The van der Waals surface area contributed by atoms with E-state index in [1.807, 2.05) is 13.1 Å². The molecule has 2 atom stereocenters. The Kier molecular flexibility index (Phi) is 4.54. The molecular formula is C13H17BrFNO. The fourth-order valence-corrected chi connectivity index (χ4v) is 2.66. The van der Waals surface area contributed by atoms with Crippen molar-refractivity contribution in [2.45, 2.75) is 18.9 Å². The summed E-state index contributed by atoms with van der Waals surface area (Å²) >= 11 is 3.18. The van der Waals surface area contributed by atoms with E-state index in [-0.39, 0.29) is 11.9 Å². The third-order valence-corrected chi connectivity index (χ3v) is 3.92. The summed E-state index contributed by atoms with van der Waals surface area (Å²) in [5.41, 5.74) is 0.990. The predicted octanol–water partition coefficient (Wildman–Crippen LogP) is 3.28. The van der Waals surface area contributed by atoms with Gasteiger partial charge in [0.2, 0.25) is 0 Å². The molecule has 1 saturated heterocycles. The van der Waals surface area contributed by atoms with Crippen molar-refractivity contribution in [3.05, 3.63) is 34.1 Å². The number of hydrogen-bond acceptors (Lipinski definition) is 2. The molecule has 0 radical (unpaired) electrons. The monoisotopic (exact) mass is 301 g/mol. The Hall–Kier alpha value is -0.450. The van der Waals surface area contributed by atoms with Gasteiger partial charge in [0, 0.05) is 18.6 Å². The smallest absolute Gasteiger partial charge is 0.137 e. The summed E-state index contributed by atoms with van der Waals surface area (Å²) in [7, 11) is 1.92. The Labute approximate surface area is 110 Å². The molecule has 1 aliphatic rings. The van der Waals surface area contributed by atoms with Crippen LogP contribution in [0.5, 0.6) is 0 Å². The minimum atomic E-state index is -0.209. The predicted molar refractivity (Wildman–Crippen MR) is 69.4 cm³/mol. The molecule has 4 heteroatoms. The lowest BCUT2D eigenvalue weighted by Crippen LogP contribution is -2.31. The van der Waals surface area contributed by atoms with E-state index in [0.717, 1.165) is 31.6 Å². The maximum absolute atomic E-state index is 13.5. The van der Waals surface area contributed by atoms with Crippen molar-refractivity contribution in [1.82, 2.24) is 5.32 Å². The van der Waals surface area contributed by atoms with E-state index >= 15 is 0 Å². The summed E-state index contributed by atoms with van der Waals surface area (Å²) in [5, 5.41) is 3.27. The molecule has 0 saturated carbocycles. The van der Waals surface area contributed by atoms with Crippen molar-refractivity contribution in [2.24, 2.45) is 5.92 Å². The van der Waals surface area contributed by atoms with Crippen molar-refractivity contribution in [2.75, 3.05) is 20.3 Å². The Balaban J connectivity index is 2.18. The van der Waals surface area contributed by atoms with E-state index in [4.69, 9.17) is 4.74 Å². The van der Waals surface area contributed by atoms with Gasteiger partial charge in [-0.25, -0.2) is 4.39 Å². The molecule has 0 spiro atoms. The molecule has 2 unspecified atom stereocenters. The Morgan fingerprint density at radius 2 is 2.35 bits per heavy atom. The standard InChI is InChI=1S/C13H17BrFNO/c1-16-13(10-3-2-6-17-8-10)9-4-5-11(14)12(15)7-9/h4-5,7,10,13,16H,2-3,6,8H2,1H3. The second-order valence-electron chi connectivity index (χ2n) is 4.42. The molecule has 1 fully saturated rings. The highest BCUT2D eigenvalue weighted by atomic mass is 79.9.